The van der Waals surface area contributed by atoms with Crippen LogP contribution in [0.3, 0.4) is 0 Å². The van der Waals surface area contributed by atoms with Crippen LogP contribution in [0.15, 0.2) is 24.3 Å². The average Bonchev–Trinajstić information content (AvgIpc) is 2.77. The number of aryl methyl sites for hydroxylation is 1. The quantitative estimate of drug-likeness (QED) is 0.809. The number of nitrogens with two attached hydrogens (primary N) is 1. The lowest BCUT2D eigenvalue weighted by Gasteiger charge is -2.12. The molecule has 1 amide bonds. The smallest absolute Gasteiger partial charge is 0.220 e. The fourth-order valence-electron chi connectivity index (χ4n) is 2.45. The summed E-state index contributed by atoms with van der Waals surface area (Å²) in [6, 6.07) is 8.53. The first-order chi connectivity index (χ1) is 8.31. The summed E-state index contributed by atoms with van der Waals surface area (Å²) in [5, 5.41) is 3.01. The number of amides is 1. The van der Waals surface area contributed by atoms with Crippen LogP contribution in [0.2, 0.25) is 0 Å². The first-order valence-corrected chi connectivity index (χ1v) is 6.36. The van der Waals surface area contributed by atoms with Gasteiger partial charge in [0.2, 0.25) is 5.91 Å². The van der Waals surface area contributed by atoms with Crippen LogP contribution in [0.5, 0.6) is 0 Å². The molecule has 0 heterocycles. The van der Waals surface area contributed by atoms with Crippen molar-refractivity contribution in [2.45, 2.75) is 31.6 Å². The number of nitrogens with one attached hydrogen (secondary N) is 1. The van der Waals surface area contributed by atoms with Crippen LogP contribution < -0.4 is 11.1 Å². The molecule has 0 fully saturated rings. The first-order valence-electron chi connectivity index (χ1n) is 6.36. The molecule has 0 bridgehead atoms. The Morgan fingerprint density at radius 3 is 3.06 bits per heavy atom. The summed E-state index contributed by atoms with van der Waals surface area (Å²) in [5.41, 5.74) is 8.23. The molecule has 0 aromatic heterocycles. The van der Waals surface area contributed by atoms with Gasteiger partial charge in [-0.1, -0.05) is 24.3 Å². The highest BCUT2D eigenvalue weighted by Gasteiger charge is 2.21. The van der Waals surface area contributed by atoms with E-state index in [4.69, 9.17) is 5.73 Å². The normalized spacial score (nSPS) is 17.8. The maximum atomic E-state index is 11.5. The Balaban J connectivity index is 1.83. The third-order valence-electron chi connectivity index (χ3n) is 3.41. The molecule has 1 atom stereocenters. The highest BCUT2D eigenvalue weighted by atomic mass is 16.1. The van der Waals surface area contributed by atoms with Gasteiger partial charge in [-0.2, -0.15) is 0 Å². The van der Waals surface area contributed by atoms with E-state index in [0.717, 1.165) is 25.8 Å². The zero-order chi connectivity index (χ0) is 12.1. The lowest BCUT2D eigenvalue weighted by molar-refractivity contribution is -0.121. The molecule has 1 aliphatic carbocycles. The summed E-state index contributed by atoms with van der Waals surface area (Å²) in [7, 11) is 0. The number of fused-ring (bicyclic) bond motifs is 1. The number of hydrogen-bond donors (Lipinski definition) is 2. The third kappa shape index (κ3) is 3.07. The topological polar surface area (TPSA) is 55.1 Å². The largest absolute Gasteiger partial charge is 0.355 e. The Hall–Kier alpha value is -1.35. The first kappa shape index (κ1) is 12.1. The van der Waals surface area contributed by atoms with E-state index in [9.17, 15) is 4.79 Å². The van der Waals surface area contributed by atoms with Gasteiger partial charge < -0.3 is 11.1 Å². The predicted octanol–water partition coefficient (Wildman–Crippen LogP) is 1.57. The lowest BCUT2D eigenvalue weighted by atomic mass is 10.0. The van der Waals surface area contributed by atoms with Gasteiger partial charge in [0.15, 0.2) is 0 Å². The third-order valence-corrected chi connectivity index (χ3v) is 3.41. The van der Waals surface area contributed by atoms with E-state index in [2.05, 4.69) is 29.6 Å². The molecule has 0 radical (unpaired) electrons. The van der Waals surface area contributed by atoms with Gasteiger partial charge in [0, 0.05) is 18.9 Å². The molecular formula is C14H20N2O. The maximum Gasteiger partial charge on any atom is 0.220 e. The molecule has 0 spiro atoms. The van der Waals surface area contributed by atoms with Gasteiger partial charge in [0.1, 0.15) is 0 Å². The number of carbonyl (C=O) groups excluding carboxylic acids is 1. The van der Waals surface area contributed by atoms with Gasteiger partial charge in [0.25, 0.3) is 0 Å². The van der Waals surface area contributed by atoms with Crippen molar-refractivity contribution < 1.29 is 4.79 Å². The van der Waals surface area contributed by atoms with Gasteiger partial charge >= 0.3 is 0 Å². The van der Waals surface area contributed by atoms with Crippen LogP contribution in [0, 0.1) is 0 Å². The van der Waals surface area contributed by atoms with Crippen LogP contribution in [0.25, 0.3) is 0 Å². The Labute approximate surface area is 102 Å². The van der Waals surface area contributed by atoms with Crippen molar-refractivity contribution >= 4 is 5.91 Å². The maximum absolute atomic E-state index is 11.5. The lowest BCUT2D eigenvalue weighted by Crippen LogP contribution is -2.28. The number of carbonyl (C=O) groups is 1. The number of hydrogen-bond acceptors (Lipinski definition) is 2. The summed E-state index contributed by atoms with van der Waals surface area (Å²) >= 11 is 0. The summed E-state index contributed by atoms with van der Waals surface area (Å²) in [5.74, 6) is 0.618. The molecule has 0 saturated carbocycles. The van der Waals surface area contributed by atoms with E-state index in [1.165, 1.54) is 11.1 Å². The summed E-state index contributed by atoms with van der Waals surface area (Å²) in [6.45, 7) is 1.35. The zero-order valence-electron chi connectivity index (χ0n) is 10.1. The van der Waals surface area contributed by atoms with Gasteiger partial charge in [-0.25, -0.2) is 0 Å². The second-order valence-electron chi connectivity index (χ2n) is 4.63. The van der Waals surface area contributed by atoms with Crippen LogP contribution in [0.1, 0.15) is 36.3 Å². The van der Waals surface area contributed by atoms with Crippen molar-refractivity contribution in [2.24, 2.45) is 5.73 Å². The minimum absolute atomic E-state index is 0.125. The van der Waals surface area contributed by atoms with Crippen molar-refractivity contribution in [2.75, 3.05) is 13.1 Å². The number of benzene rings is 1. The van der Waals surface area contributed by atoms with Crippen LogP contribution in [-0.4, -0.2) is 19.0 Å². The van der Waals surface area contributed by atoms with Gasteiger partial charge in [-0.3, -0.25) is 4.79 Å². The van der Waals surface area contributed by atoms with Crippen molar-refractivity contribution in [3.63, 3.8) is 0 Å². The molecule has 0 aliphatic heterocycles. The van der Waals surface area contributed by atoms with E-state index in [0.29, 0.717) is 18.9 Å². The molecule has 92 valence electrons. The molecule has 3 nitrogen and oxygen atoms in total. The minimum atomic E-state index is 0.125. The van der Waals surface area contributed by atoms with Crippen molar-refractivity contribution in [1.82, 2.24) is 5.32 Å². The van der Waals surface area contributed by atoms with Gasteiger partial charge in [-0.15, -0.1) is 0 Å². The monoisotopic (exact) mass is 232 g/mol. The van der Waals surface area contributed by atoms with Gasteiger partial charge in [0.05, 0.1) is 0 Å². The second kappa shape index (κ2) is 5.82. The molecule has 0 saturated heterocycles. The van der Waals surface area contributed by atoms with E-state index in [1.54, 1.807) is 0 Å². The summed E-state index contributed by atoms with van der Waals surface area (Å²) in [6.07, 6.45) is 3.61. The summed E-state index contributed by atoms with van der Waals surface area (Å²) < 4.78 is 0. The van der Waals surface area contributed by atoms with Crippen molar-refractivity contribution in [1.29, 1.82) is 0 Å². The molecule has 1 aliphatic rings. The molecule has 1 unspecified atom stereocenters. The SMILES string of the molecule is NCCCC(=O)NCC1CCc2ccccc21. The van der Waals surface area contributed by atoms with Gasteiger partial charge in [-0.05, 0) is 36.9 Å². The van der Waals surface area contributed by atoms with Crippen LogP contribution >= 0.6 is 0 Å². The van der Waals surface area contributed by atoms with Crippen molar-refractivity contribution in [3.8, 4) is 0 Å². The Morgan fingerprint density at radius 2 is 2.24 bits per heavy atom. The van der Waals surface area contributed by atoms with E-state index < -0.39 is 0 Å². The molecule has 1 aromatic carbocycles. The van der Waals surface area contributed by atoms with E-state index in [1.807, 2.05) is 0 Å². The van der Waals surface area contributed by atoms with Crippen LogP contribution in [-0.2, 0) is 11.2 Å². The Bertz CT molecular complexity index is 390. The molecule has 3 N–H and O–H groups in total. The number of rotatable bonds is 5. The van der Waals surface area contributed by atoms with Crippen molar-refractivity contribution in [3.05, 3.63) is 35.4 Å². The van der Waals surface area contributed by atoms with E-state index >= 15 is 0 Å². The Morgan fingerprint density at radius 1 is 1.41 bits per heavy atom. The fourth-order valence-corrected chi connectivity index (χ4v) is 2.45. The second-order valence-corrected chi connectivity index (χ2v) is 4.63. The molecular weight excluding hydrogens is 212 g/mol. The zero-order valence-corrected chi connectivity index (χ0v) is 10.1. The minimum Gasteiger partial charge on any atom is -0.355 e. The van der Waals surface area contributed by atoms with E-state index in [-0.39, 0.29) is 5.91 Å². The highest BCUT2D eigenvalue weighted by molar-refractivity contribution is 5.75. The molecule has 17 heavy (non-hydrogen) atoms. The Kier molecular flexibility index (Phi) is 4.15. The van der Waals surface area contributed by atoms with Crippen LogP contribution in [0.4, 0.5) is 0 Å². The fraction of sp³-hybridized carbons (Fsp3) is 0.500. The molecule has 2 rings (SSSR count). The molecule has 1 aromatic rings. The molecule has 3 heteroatoms. The summed E-state index contributed by atoms with van der Waals surface area (Å²) in [4.78, 5) is 11.5. The standard InChI is InChI=1S/C14H20N2O/c15-9-3-6-14(17)16-10-12-8-7-11-4-1-2-5-13(11)12/h1-2,4-5,12H,3,6-10,15H2,(H,16,17). The highest BCUT2D eigenvalue weighted by Crippen LogP contribution is 2.32. The predicted molar refractivity (Wildman–Crippen MR) is 68.8 cm³/mol. The average molecular weight is 232 g/mol.